The fourth-order valence-electron chi connectivity index (χ4n) is 7.87. The van der Waals surface area contributed by atoms with Crippen molar-refractivity contribution >= 4 is 11.7 Å². The van der Waals surface area contributed by atoms with Crippen LogP contribution in [0.4, 0.5) is 19.3 Å². The average Bonchev–Trinajstić information content (AvgIpc) is 2.77. The largest absolute Gasteiger partial charge is 0.507 e. The molecule has 0 radical (unpaired) electrons. The molecule has 3 N–H and O–H groups in total. The third-order valence-electron chi connectivity index (χ3n) is 9.26. The van der Waals surface area contributed by atoms with Crippen molar-refractivity contribution in [3.05, 3.63) is 58.2 Å². The summed E-state index contributed by atoms with van der Waals surface area (Å²) in [4.78, 5) is 13.2. The fourth-order valence-corrected chi connectivity index (χ4v) is 7.87. The number of phenolic OH excluding ortho intramolecular Hbond substituents is 1. The highest BCUT2D eigenvalue weighted by Crippen LogP contribution is 2.55. The number of nitrogens with one attached hydrogen (secondary N) is 2. The molecule has 0 aliphatic heterocycles. The first-order chi connectivity index (χ1) is 18.1. The molecule has 4 saturated carbocycles. The number of phenols is 1. The quantitative estimate of drug-likeness (QED) is 0.360. The summed E-state index contributed by atoms with van der Waals surface area (Å²) in [6, 6.07) is 5.73. The van der Waals surface area contributed by atoms with Crippen LogP contribution in [0.15, 0.2) is 24.3 Å². The highest BCUT2D eigenvalue weighted by atomic mass is 19.1. The molecule has 4 aliphatic carbocycles. The summed E-state index contributed by atoms with van der Waals surface area (Å²) in [7, 11) is 0. The van der Waals surface area contributed by atoms with Crippen molar-refractivity contribution in [3.63, 3.8) is 0 Å². The lowest BCUT2D eigenvalue weighted by Gasteiger charge is -2.56. The molecule has 0 saturated heterocycles. The molecule has 6 rings (SSSR count). The van der Waals surface area contributed by atoms with Crippen LogP contribution in [-0.4, -0.2) is 16.7 Å². The van der Waals surface area contributed by atoms with Gasteiger partial charge in [0.05, 0.1) is 5.69 Å². The summed E-state index contributed by atoms with van der Waals surface area (Å²) < 4.78 is 29.4. The van der Waals surface area contributed by atoms with E-state index >= 15 is 4.39 Å². The van der Waals surface area contributed by atoms with E-state index in [9.17, 15) is 14.3 Å². The van der Waals surface area contributed by atoms with E-state index in [-0.39, 0.29) is 22.1 Å². The fraction of sp³-hybridized carbons (Fsp3) is 0.606. The number of aromatic hydroxyl groups is 1. The predicted octanol–water partition coefficient (Wildman–Crippen LogP) is 8.14. The zero-order valence-electron chi connectivity index (χ0n) is 24.3. The number of anilines is 1. The molecule has 212 valence electrons. The highest BCUT2D eigenvalue weighted by molar-refractivity contribution is 5.91. The van der Waals surface area contributed by atoms with Crippen LogP contribution in [0.5, 0.6) is 5.75 Å². The van der Waals surface area contributed by atoms with Gasteiger partial charge in [0.1, 0.15) is 17.4 Å². The average molecular weight is 539 g/mol. The Bertz CT molecular complexity index is 1200. The second-order valence-corrected chi connectivity index (χ2v) is 14.7. The SMILES string of the molecule is CC(C)(C)c1cc(CCc2cc(F)cc(F)c2NC(=O)NC23CC4CC(CC(C4)C2)C3)cc(C(C)(C)C)c1O. The summed E-state index contributed by atoms with van der Waals surface area (Å²) in [5, 5.41) is 17.0. The number of carbonyl (C=O) groups is 1. The van der Waals surface area contributed by atoms with E-state index in [0.717, 1.165) is 42.0 Å². The van der Waals surface area contributed by atoms with E-state index < -0.39 is 17.7 Å². The van der Waals surface area contributed by atoms with Crippen molar-refractivity contribution in [2.24, 2.45) is 17.8 Å². The summed E-state index contributed by atoms with van der Waals surface area (Å²) >= 11 is 0. The van der Waals surface area contributed by atoms with Crippen LogP contribution >= 0.6 is 0 Å². The number of carbonyl (C=O) groups excluding carboxylic acids is 1. The molecule has 4 nitrogen and oxygen atoms in total. The van der Waals surface area contributed by atoms with Crippen LogP contribution in [0.2, 0.25) is 0 Å². The number of aryl methyl sites for hydroxylation is 2. The maximum Gasteiger partial charge on any atom is 0.319 e. The van der Waals surface area contributed by atoms with Crippen LogP contribution in [-0.2, 0) is 23.7 Å². The molecule has 4 fully saturated rings. The van der Waals surface area contributed by atoms with Gasteiger partial charge in [-0.3, -0.25) is 0 Å². The molecular weight excluding hydrogens is 494 g/mol. The van der Waals surface area contributed by atoms with Gasteiger partial charge in [0.15, 0.2) is 0 Å². The van der Waals surface area contributed by atoms with Crippen LogP contribution in [0.25, 0.3) is 0 Å². The predicted molar refractivity (Wildman–Crippen MR) is 152 cm³/mol. The Morgan fingerprint density at radius 1 is 0.872 bits per heavy atom. The van der Waals surface area contributed by atoms with Crippen molar-refractivity contribution in [2.75, 3.05) is 5.32 Å². The van der Waals surface area contributed by atoms with Crippen molar-refractivity contribution in [1.29, 1.82) is 0 Å². The van der Waals surface area contributed by atoms with Crippen LogP contribution in [0, 0.1) is 29.4 Å². The number of amides is 2. The van der Waals surface area contributed by atoms with E-state index in [4.69, 9.17) is 0 Å². The molecule has 0 spiro atoms. The third kappa shape index (κ3) is 5.81. The lowest BCUT2D eigenvalue weighted by Crippen LogP contribution is -2.60. The minimum Gasteiger partial charge on any atom is -0.507 e. The molecule has 6 heteroatoms. The first kappa shape index (κ1) is 27.9. The molecule has 0 aromatic heterocycles. The molecule has 0 heterocycles. The van der Waals surface area contributed by atoms with E-state index in [0.29, 0.717) is 41.9 Å². The highest BCUT2D eigenvalue weighted by Gasteiger charge is 2.51. The summed E-state index contributed by atoms with van der Waals surface area (Å²) in [5.74, 6) is 0.912. The first-order valence-corrected chi connectivity index (χ1v) is 14.6. The van der Waals surface area contributed by atoms with Crippen molar-refractivity contribution in [3.8, 4) is 5.75 Å². The van der Waals surface area contributed by atoms with Gasteiger partial charge in [0.2, 0.25) is 0 Å². The number of hydrogen-bond acceptors (Lipinski definition) is 2. The van der Waals surface area contributed by atoms with Crippen LogP contribution in [0.1, 0.15) is 102 Å². The normalized spacial score (nSPS) is 26.1. The molecule has 0 atom stereocenters. The number of benzene rings is 2. The molecular formula is C33H44F2N2O2. The monoisotopic (exact) mass is 538 g/mol. The van der Waals surface area contributed by atoms with Gasteiger partial charge >= 0.3 is 6.03 Å². The minimum atomic E-state index is -0.762. The summed E-state index contributed by atoms with van der Waals surface area (Å²) in [5.41, 5.74) is 2.41. The van der Waals surface area contributed by atoms with Crippen molar-refractivity contribution in [1.82, 2.24) is 5.32 Å². The van der Waals surface area contributed by atoms with Crippen molar-refractivity contribution in [2.45, 2.75) is 109 Å². The Morgan fingerprint density at radius 2 is 1.38 bits per heavy atom. The number of hydrogen-bond donors (Lipinski definition) is 3. The second-order valence-electron chi connectivity index (χ2n) is 14.7. The van der Waals surface area contributed by atoms with Crippen LogP contribution < -0.4 is 10.6 Å². The Hall–Kier alpha value is -2.63. The second kappa shape index (κ2) is 9.78. The van der Waals surface area contributed by atoms with Gasteiger partial charge in [0, 0.05) is 11.6 Å². The molecule has 0 unspecified atom stereocenters. The van der Waals surface area contributed by atoms with Gasteiger partial charge in [-0.2, -0.15) is 0 Å². The molecule has 4 aliphatic rings. The summed E-state index contributed by atoms with van der Waals surface area (Å²) in [6.45, 7) is 12.4. The standard InChI is InChI=1S/C33H44F2N2O2/c1-31(2,3)25-12-19(13-26(29(25)38)32(4,5)6)7-8-23-14-24(34)15-27(35)28(23)36-30(39)37-33-16-20-9-21(17-33)11-22(10-20)18-33/h12-15,20-22,38H,7-11,16-18H2,1-6H3,(H2,36,37,39). The maximum atomic E-state index is 15.1. The first-order valence-electron chi connectivity index (χ1n) is 14.6. The van der Waals surface area contributed by atoms with Gasteiger partial charge in [-0.1, -0.05) is 53.7 Å². The van der Waals surface area contributed by atoms with E-state index in [1.54, 1.807) is 0 Å². The maximum absolute atomic E-state index is 15.1. The van der Waals surface area contributed by atoms with Gasteiger partial charge < -0.3 is 15.7 Å². The third-order valence-corrected chi connectivity index (χ3v) is 9.26. The Morgan fingerprint density at radius 3 is 1.87 bits per heavy atom. The zero-order chi connectivity index (χ0) is 28.3. The Labute approximate surface area is 232 Å². The number of rotatable bonds is 5. The van der Waals surface area contributed by atoms with Crippen LogP contribution in [0.3, 0.4) is 0 Å². The number of urea groups is 1. The van der Waals surface area contributed by atoms with Gasteiger partial charge in [-0.15, -0.1) is 0 Å². The Balaban J connectivity index is 1.37. The molecule has 2 aromatic rings. The molecule has 2 aromatic carbocycles. The summed E-state index contributed by atoms with van der Waals surface area (Å²) in [6.07, 6.45) is 7.66. The smallest absolute Gasteiger partial charge is 0.319 e. The van der Waals surface area contributed by atoms with Gasteiger partial charge in [-0.05, 0) is 108 Å². The molecule has 4 bridgehead atoms. The van der Waals surface area contributed by atoms with Crippen molar-refractivity contribution < 1.29 is 18.7 Å². The lowest BCUT2D eigenvalue weighted by molar-refractivity contribution is -0.0127. The van der Waals surface area contributed by atoms with Gasteiger partial charge in [0.25, 0.3) is 0 Å². The van der Waals surface area contributed by atoms with E-state index in [1.165, 1.54) is 25.3 Å². The Kier molecular flexibility index (Phi) is 7.00. The topological polar surface area (TPSA) is 61.4 Å². The van der Waals surface area contributed by atoms with Gasteiger partial charge in [-0.25, -0.2) is 13.6 Å². The molecule has 39 heavy (non-hydrogen) atoms. The van der Waals surface area contributed by atoms with E-state index in [2.05, 4.69) is 52.2 Å². The minimum absolute atomic E-state index is 0.0458. The lowest BCUT2D eigenvalue weighted by atomic mass is 9.53. The van der Waals surface area contributed by atoms with E-state index in [1.807, 2.05) is 12.1 Å². The zero-order valence-corrected chi connectivity index (χ0v) is 24.3. The number of halogens is 2. The molecule has 2 amide bonds.